The Bertz CT molecular complexity index is 632. The summed E-state index contributed by atoms with van der Waals surface area (Å²) in [5.74, 6) is -0.356. The Kier molecular flexibility index (Phi) is 4.42. The monoisotopic (exact) mass is 292 g/mol. The molecule has 6 heteroatoms. The number of nitrogens with two attached hydrogens (primary N) is 1. The maximum atomic E-state index is 11.4. The fraction of sp³-hybridized carbons (Fsp3) is 0.143. The number of rotatable bonds is 4. The molecule has 0 amide bonds. The van der Waals surface area contributed by atoms with E-state index in [1.54, 1.807) is 18.2 Å². The Morgan fingerprint density at radius 2 is 2.15 bits per heavy atom. The van der Waals surface area contributed by atoms with Crippen molar-refractivity contribution in [3.8, 4) is 5.88 Å². The van der Waals surface area contributed by atoms with Crippen molar-refractivity contribution in [3.63, 3.8) is 0 Å². The Morgan fingerprint density at radius 3 is 2.85 bits per heavy atom. The highest BCUT2D eigenvalue weighted by Crippen LogP contribution is 2.21. The van der Waals surface area contributed by atoms with Gasteiger partial charge in [-0.2, -0.15) is 0 Å². The number of ether oxygens (including phenoxy) is 2. The molecule has 0 aliphatic heterocycles. The van der Waals surface area contributed by atoms with Gasteiger partial charge < -0.3 is 15.2 Å². The second kappa shape index (κ2) is 6.25. The smallest absolute Gasteiger partial charge is 0.356 e. The number of carbonyl (C=O) groups excluding carboxylic acids is 1. The van der Waals surface area contributed by atoms with Gasteiger partial charge in [0.05, 0.1) is 12.8 Å². The standard InChI is InChI=1S/C14H13ClN2O3/c1-19-14(18)12-6-5-11(16)13(17-12)20-8-9-3-2-4-10(15)7-9/h2-7H,8,16H2,1H3. The van der Waals surface area contributed by atoms with Crippen LogP contribution < -0.4 is 10.5 Å². The van der Waals surface area contributed by atoms with E-state index < -0.39 is 5.97 Å². The number of benzene rings is 1. The van der Waals surface area contributed by atoms with Crippen LogP contribution in [0.4, 0.5) is 5.69 Å². The SMILES string of the molecule is COC(=O)c1ccc(N)c(OCc2cccc(Cl)c2)n1. The molecule has 1 heterocycles. The van der Waals surface area contributed by atoms with Crippen LogP contribution in [-0.2, 0) is 11.3 Å². The average Bonchev–Trinajstić information content (AvgIpc) is 2.45. The molecule has 0 atom stereocenters. The fourth-order valence-corrected chi connectivity index (χ4v) is 1.78. The minimum Gasteiger partial charge on any atom is -0.471 e. The summed E-state index contributed by atoms with van der Waals surface area (Å²) < 4.78 is 10.1. The molecular weight excluding hydrogens is 280 g/mol. The molecule has 0 aliphatic rings. The van der Waals surface area contributed by atoms with Gasteiger partial charge in [-0.25, -0.2) is 9.78 Å². The van der Waals surface area contributed by atoms with Crippen molar-refractivity contribution in [2.75, 3.05) is 12.8 Å². The summed E-state index contributed by atoms with van der Waals surface area (Å²) >= 11 is 5.89. The first-order valence-corrected chi connectivity index (χ1v) is 6.20. The molecule has 0 saturated carbocycles. The van der Waals surface area contributed by atoms with Crippen LogP contribution in [0.5, 0.6) is 5.88 Å². The Balaban J connectivity index is 2.14. The van der Waals surface area contributed by atoms with Crippen molar-refractivity contribution >= 4 is 23.3 Å². The van der Waals surface area contributed by atoms with Gasteiger partial charge in [0.15, 0.2) is 5.69 Å². The van der Waals surface area contributed by atoms with Gasteiger partial charge in [0.2, 0.25) is 5.88 Å². The van der Waals surface area contributed by atoms with E-state index >= 15 is 0 Å². The van der Waals surface area contributed by atoms with Gasteiger partial charge in [-0.3, -0.25) is 0 Å². The van der Waals surface area contributed by atoms with E-state index in [1.807, 2.05) is 12.1 Å². The summed E-state index contributed by atoms with van der Waals surface area (Å²) in [5.41, 5.74) is 7.12. The second-order valence-electron chi connectivity index (χ2n) is 4.00. The summed E-state index contributed by atoms with van der Waals surface area (Å²) in [6, 6.07) is 10.3. The van der Waals surface area contributed by atoms with E-state index in [9.17, 15) is 4.79 Å². The van der Waals surface area contributed by atoms with Crippen LogP contribution >= 0.6 is 11.6 Å². The lowest BCUT2D eigenvalue weighted by Crippen LogP contribution is -2.08. The summed E-state index contributed by atoms with van der Waals surface area (Å²) in [6.07, 6.45) is 0. The molecule has 0 spiro atoms. The minimum absolute atomic E-state index is 0.141. The number of carbonyl (C=O) groups is 1. The normalized spacial score (nSPS) is 10.1. The lowest BCUT2D eigenvalue weighted by molar-refractivity contribution is 0.0592. The molecule has 0 aliphatic carbocycles. The van der Waals surface area contributed by atoms with Gasteiger partial charge in [-0.1, -0.05) is 23.7 Å². The van der Waals surface area contributed by atoms with Crippen LogP contribution in [-0.4, -0.2) is 18.1 Å². The van der Waals surface area contributed by atoms with Gasteiger partial charge in [-0.05, 0) is 29.8 Å². The zero-order valence-corrected chi connectivity index (χ0v) is 11.6. The van der Waals surface area contributed by atoms with Crippen molar-refractivity contribution in [1.29, 1.82) is 0 Å². The number of esters is 1. The molecule has 2 N–H and O–H groups in total. The molecule has 0 radical (unpaired) electrons. The van der Waals surface area contributed by atoms with Crippen molar-refractivity contribution in [3.05, 3.63) is 52.7 Å². The molecule has 20 heavy (non-hydrogen) atoms. The quantitative estimate of drug-likeness (QED) is 0.877. The molecule has 2 rings (SSSR count). The third-order valence-corrected chi connectivity index (χ3v) is 2.78. The predicted molar refractivity (Wildman–Crippen MR) is 75.8 cm³/mol. The Labute approximate surface area is 121 Å². The summed E-state index contributed by atoms with van der Waals surface area (Å²) in [4.78, 5) is 15.4. The van der Waals surface area contributed by atoms with E-state index in [4.69, 9.17) is 22.1 Å². The number of hydrogen-bond acceptors (Lipinski definition) is 5. The second-order valence-corrected chi connectivity index (χ2v) is 4.44. The highest BCUT2D eigenvalue weighted by molar-refractivity contribution is 6.30. The lowest BCUT2D eigenvalue weighted by Gasteiger charge is -2.09. The van der Waals surface area contributed by atoms with Crippen LogP contribution in [0.2, 0.25) is 5.02 Å². The van der Waals surface area contributed by atoms with Crippen LogP contribution in [0, 0.1) is 0 Å². The first-order chi connectivity index (χ1) is 9.60. The van der Waals surface area contributed by atoms with Gasteiger partial charge in [-0.15, -0.1) is 0 Å². The number of nitrogens with zero attached hydrogens (tertiary/aromatic N) is 1. The van der Waals surface area contributed by atoms with Crippen LogP contribution in [0.25, 0.3) is 0 Å². The molecule has 2 aromatic rings. The van der Waals surface area contributed by atoms with E-state index in [0.29, 0.717) is 10.7 Å². The van der Waals surface area contributed by atoms with Gasteiger partial charge >= 0.3 is 5.97 Å². The number of methoxy groups -OCH3 is 1. The number of nitrogen functional groups attached to an aromatic ring is 1. The summed E-state index contributed by atoms with van der Waals surface area (Å²) in [7, 11) is 1.28. The molecule has 1 aromatic carbocycles. The first-order valence-electron chi connectivity index (χ1n) is 5.82. The lowest BCUT2D eigenvalue weighted by atomic mass is 10.2. The first kappa shape index (κ1) is 14.1. The van der Waals surface area contributed by atoms with Gasteiger partial charge in [0, 0.05) is 5.02 Å². The molecule has 0 unspecified atom stereocenters. The van der Waals surface area contributed by atoms with E-state index in [2.05, 4.69) is 9.72 Å². The Hall–Kier alpha value is -2.27. The third kappa shape index (κ3) is 3.39. The molecular formula is C14H13ClN2O3. The molecule has 0 saturated heterocycles. The van der Waals surface area contributed by atoms with Crippen LogP contribution in [0.1, 0.15) is 16.1 Å². The third-order valence-electron chi connectivity index (χ3n) is 2.55. The molecule has 1 aromatic heterocycles. The largest absolute Gasteiger partial charge is 0.471 e. The average molecular weight is 293 g/mol. The minimum atomic E-state index is -0.544. The number of pyridine rings is 1. The van der Waals surface area contributed by atoms with E-state index in [-0.39, 0.29) is 18.2 Å². The van der Waals surface area contributed by atoms with Crippen molar-refractivity contribution < 1.29 is 14.3 Å². The highest BCUT2D eigenvalue weighted by Gasteiger charge is 2.11. The number of hydrogen-bond donors (Lipinski definition) is 1. The highest BCUT2D eigenvalue weighted by atomic mass is 35.5. The van der Waals surface area contributed by atoms with Crippen molar-refractivity contribution in [1.82, 2.24) is 4.98 Å². The molecule has 0 fully saturated rings. The summed E-state index contributed by atoms with van der Waals surface area (Å²) in [6.45, 7) is 0.252. The van der Waals surface area contributed by atoms with Gasteiger partial charge in [0.1, 0.15) is 6.61 Å². The molecule has 5 nitrogen and oxygen atoms in total. The fourth-order valence-electron chi connectivity index (χ4n) is 1.56. The topological polar surface area (TPSA) is 74.4 Å². The number of halogens is 1. The zero-order valence-electron chi connectivity index (χ0n) is 10.8. The molecule has 104 valence electrons. The van der Waals surface area contributed by atoms with Gasteiger partial charge in [0.25, 0.3) is 0 Å². The van der Waals surface area contributed by atoms with E-state index in [0.717, 1.165) is 5.56 Å². The van der Waals surface area contributed by atoms with Crippen LogP contribution in [0.3, 0.4) is 0 Å². The van der Waals surface area contributed by atoms with E-state index in [1.165, 1.54) is 13.2 Å². The molecule has 0 bridgehead atoms. The summed E-state index contributed by atoms with van der Waals surface area (Å²) in [5, 5.41) is 0.621. The Morgan fingerprint density at radius 1 is 1.35 bits per heavy atom. The predicted octanol–water partition coefficient (Wildman–Crippen LogP) is 2.68. The number of anilines is 1. The number of aromatic nitrogens is 1. The maximum absolute atomic E-state index is 11.4. The van der Waals surface area contributed by atoms with Crippen LogP contribution in [0.15, 0.2) is 36.4 Å². The van der Waals surface area contributed by atoms with Crippen molar-refractivity contribution in [2.45, 2.75) is 6.61 Å². The zero-order chi connectivity index (χ0) is 14.5. The maximum Gasteiger partial charge on any atom is 0.356 e. The van der Waals surface area contributed by atoms with Crippen molar-refractivity contribution in [2.24, 2.45) is 0 Å².